The van der Waals surface area contributed by atoms with E-state index < -0.39 is 0 Å². The molecule has 0 aliphatic carbocycles. The number of rotatable bonds is 5. The molecule has 2 aromatic heterocycles. The second-order valence-electron chi connectivity index (χ2n) is 6.39. The molecular weight excluding hydrogens is 326 g/mol. The number of aromatic hydroxyl groups is 1. The summed E-state index contributed by atoms with van der Waals surface area (Å²) < 4.78 is 0. The van der Waals surface area contributed by atoms with Crippen LogP contribution in [-0.2, 0) is 6.54 Å². The molecule has 3 aromatic rings. The number of pyridine rings is 1. The van der Waals surface area contributed by atoms with Crippen molar-refractivity contribution in [2.75, 3.05) is 23.3 Å². The fraction of sp³-hybridized carbons (Fsp3) is 0.250. The number of nitrogens with zero attached hydrogens (tertiary/aromatic N) is 4. The standard InChI is InChI=1S/C20H21N5O/c26-17-5-3-4-16(13-17)20-22-9-7-18(24-20)23-14-15-6-8-21-19(12-15)25-10-1-2-11-25/h3-9,12-13,26H,1-2,10-11,14H2,(H,22,23,24). The third-order valence-electron chi connectivity index (χ3n) is 4.47. The molecule has 132 valence electrons. The van der Waals surface area contributed by atoms with Crippen molar-refractivity contribution in [1.29, 1.82) is 0 Å². The average Bonchev–Trinajstić information content (AvgIpc) is 3.22. The molecule has 4 rings (SSSR count). The molecular formula is C20H21N5O. The molecule has 0 spiro atoms. The zero-order valence-corrected chi connectivity index (χ0v) is 14.5. The Morgan fingerprint density at radius 1 is 1.00 bits per heavy atom. The van der Waals surface area contributed by atoms with Gasteiger partial charge in [0.1, 0.15) is 17.4 Å². The first-order chi connectivity index (χ1) is 12.8. The van der Waals surface area contributed by atoms with Crippen LogP contribution in [0.5, 0.6) is 5.75 Å². The number of anilines is 2. The van der Waals surface area contributed by atoms with E-state index in [1.807, 2.05) is 24.4 Å². The van der Waals surface area contributed by atoms with Crippen molar-refractivity contribution in [3.05, 3.63) is 60.4 Å². The minimum atomic E-state index is 0.204. The van der Waals surface area contributed by atoms with Gasteiger partial charge in [0.2, 0.25) is 0 Å². The van der Waals surface area contributed by atoms with Crippen molar-refractivity contribution in [3.8, 4) is 17.1 Å². The third-order valence-corrected chi connectivity index (χ3v) is 4.47. The van der Waals surface area contributed by atoms with Crippen molar-refractivity contribution in [3.63, 3.8) is 0 Å². The lowest BCUT2D eigenvalue weighted by atomic mass is 10.2. The minimum absolute atomic E-state index is 0.204. The molecule has 1 saturated heterocycles. The van der Waals surface area contributed by atoms with Crippen LogP contribution in [0.25, 0.3) is 11.4 Å². The summed E-state index contributed by atoms with van der Waals surface area (Å²) in [6.45, 7) is 2.84. The van der Waals surface area contributed by atoms with Crippen molar-refractivity contribution in [2.45, 2.75) is 19.4 Å². The quantitative estimate of drug-likeness (QED) is 0.736. The molecule has 1 aliphatic heterocycles. The second-order valence-corrected chi connectivity index (χ2v) is 6.39. The van der Waals surface area contributed by atoms with Gasteiger partial charge in [0.15, 0.2) is 5.82 Å². The van der Waals surface area contributed by atoms with Crippen molar-refractivity contribution >= 4 is 11.6 Å². The number of nitrogens with one attached hydrogen (secondary N) is 1. The van der Waals surface area contributed by atoms with Gasteiger partial charge in [-0.25, -0.2) is 15.0 Å². The van der Waals surface area contributed by atoms with Crippen LogP contribution in [0, 0.1) is 0 Å². The Morgan fingerprint density at radius 3 is 2.69 bits per heavy atom. The SMILES string of the molecule is Oc1cccc(-c2nccc(NCc3ccnc(N4CCCC4)c3)n2)c1. The molecule has 0 bridgehead atoms. The first kappa shape index (κ1) is 16.3. The highest BCUT2D eigenvalue weighted by atomic mass is 16.3. The zero-order chi connectivity index (χ0) is 17.8. The summed E-state index contributed by atoms with van der Waals surface area (Å²) in [7, 11) is 0. The largest absolute Gasteiger partial charge is 0.508 e. The Bertz CT molecular complexity index is 893. The second kappa shape index (κ2) is 7.39. The molecule has 1 aromatic carbocycles. The number of hydrogen-bond donors (Lipinski definition) is 2. The molecule has 2 N–H and O–H groups in total. The molecule has 3 heterocycles. The Hall–Kier alpha value is -3.15. The van der Waals surface area contributed by atoms with Crippen LogP contribution in [0.3, 0.4) is 0 Å². The molecule has 0 amide bonds. The predicted octanol–water partition coefficient (Wildman–Crippen LogP) is 3.46. The topological polar surface area (TPSA) is 74.2 Å². The monoisotopic (exact) mass is 347 g/mol. The molecule has 1 fully saturated rings. The zero-order valence-electron chi connectivity index (χ0n) is 14.5. The molecule has 0 saturated carbocycles. The van der Waals surface area contributed by atoms with Crippen molar-refractivity contribution in [1.82, 2.24) is 15.0 Å². The highest BCUT2D eigenvalue weighted by Crippen LogP contribution is 2.21. The van der Waals surface area contributed by atoms with E-state index in [9.17, 15) is 5.11 Å². The summed E-state index contributed by atoms with van der Waals surface area (Å²) in [5, 5.41) is 13.0. The summed E-state index contributed by atoms with van der Waals surface area (Å²) in [4.78, 5) is 15.6. The lowest BCUT2D eigenvalue weighted by Crippen LogP contribution is -2.19. The normalized spacial score (nSPS) is 13.8. The average molecular weight is 347 g/mol. The van der Waals surface area contributed by atoms with Crippen LogP contribution in [0.2, 0.25) is 0 Å². The van der Waals surface area contributed by atoms with Gasteiger partial charge in [-0.05, 0) is 48.7 Å². The molecule has 0 radical (unpaired) electrons. The smallest absolute Gasteiger partial charge is 0.161 e. The van der Waals surface area contributed by atoms with Gasteiger partial charge in [-0.3, -0.25) is 0 Å². The number of hydrogen-bond acceptors (Lipinski definition) is 6. The van der Waals surface area contributed by atoms with E-state index in [1.165, 1.54) is 18.4 Å². The van der Waals surface area contributed by atoms with Crippen LogP contribution >= 0.6 is 0 Å². The summed E-state index contributed by atoms with van der Waals surface area (Å²) in [5.41, 5.74) is 1.95. The number of phenols is 1. The Kier molecular flexibility index (Phi) is 4.64. The van der Waals surface area contributed by atoms with Gasteiger partial charge in [0.25, 0.3) is 0 Å². The summed E-state index contributed by atoms with van der Waals surface area (Å²) in [5.74, 6) is 2.58. The van der Waals surface area contributed by atoms with E-state index in [-0.39, 0.29) is 5.75 Å². The summed E-state index contributed by atoms with van der Waals surface area (Å²) >= 11 is 0. The summed E-state index contributed by atoms with van der Waals surface area (Å²) in [6.07, 6.45) is 6.06. The molecule has 6 nitrogen and oxygen atoms in total. The highest BCUT2D eigenvalue weighted by molar-refractivity contribution is 5.59. The van der Waals surface area contributed by atoms with Crippen LogP contribution in [0.1, 0.15) is 18.4 Å². The maximum absolute atomic E-state index is 9.63. The third kappa shape index (κ3) is 3.74. The molecule has 1 aliphatic rings. The molecule has 26 heavy (non-hydrogen) atoms. The van der Waals surface area contributed by atoms with Crippen LogP contribution in [-0.4, -0.2) is 33.1 Å². The van der Waals surface area contributed by atoms with Gasteiger partial charge < -0.3 is 15.3 Å². The summed E-state index contributed by atoms with van der Waals surface area (Å²) in [6, 6.07) is 12.9. The van der Waals surface area contributed by atoms with Gasteiger partial charge in [-0.1, -0.05) is 12.1 Å². The van der Waals surface area contributed by atoms with Gasteiger partial charge in [0, 0.05) is 37.6 Å². The maximum Gasteiger partial charge on any atom is 0.161 e. The van der Waals surface area contributed by atoms with Crippen molar-refractivity contribution in [2.24, 2.45) is 0 Å². The van der Waals surface area contributed by atoms with Crippen LogP contribution < -0.4 is 10.2 Å². The van der Waals surface area contributed by atoms with E-state index in [4.69, 9.17) is 0 Å². The van der Waals surface area contributed by atoms with E-state index in [2.05, 4.69) is 31.2 Å². The van der Waals surface area contributed by atoms with Gasteiger partial charge in [-0.15, -0.1) is 0 Å². The maximum atomic E-state index is 9.63. The minimum Gasteiger partial charge on any atom is -0.508 e. The Labute approximate surface area is 152 Å². The molecule has 0 atom stereocenters. The first-order valence-corrected chi connectivity index (χ1v) is 8.84. The number of aromatic nitrogens is 3. The van der Waals surface area contributed by atoms with E-state index in [0.717, 1.165) is 30.3 Å². The fourth-order valence-electron chi connectivity index (χ4n) is 3.12. The lowest BCUT2D eigenvalue weighted by molar-refractivity contribution is 0.475. The van der Waals surface area contributed by atoms with Gasteiger partial charge in [0.05, 0.1) is 0 Å². The van der Waals surface area contributed by atoms with E-state index in [1.54, 1.807) is 24.4 Å². The molecule has 6 heteroatoms. The number of phenolic OH excluding ortho intramolecular Hbond substituents is 1. The van der Waals surface area contributed by atoms with Gasteiger partial charge in [-0.2, -0.15) is 0 Å². The Balaban J connectivity index is 1.46. The van der Waals surface area contributed by atoms with Crippen LogP contribution in [0.4, 0.5) is 11.6 Å². The fourth-order valence-corrected chi connectivity index (χ4v) is 3.12. The van der Waals surface area contributed by atoms with E-state index in [0.29, 0.717) is 12.4 Å². The van der Waals surface area contributed by atoms with Crippen molar-refractivity contribution < 1.29 is 5.11 Å². The van der Waals surface area contributed by atoms with Gasteiger partial charge >= 0.3 is 0 Å². The lowest BCUT2D eigenvalue weighted by Gasteiger charge is -2.17. The van der Waals surface area contributed by atoms with Crippen LogP contribution in [0.15, 0.2) is 54.9 Å². The Morgan fingerprint density at radius 2 is 1.85 bits per heavy atom. The van der Waals surface area contributed by atoms with E-state index >= 15 is 0 Å². The molecule has 0 unspecified atom stereocenters. The predicted molar refractivity (Wildman–Crippen MR) is 102 cm³/mol. The first-order valence-electron chi connectivity index (χ1n) is 8.84. The number of benzene rings is 1. The highest BCUT2D eigenvalue weighted by Gasteiger charge is 2.13.